The van der Waals surface area contributed by atoms with Crippen LogP contribution in [0.1, 0.15) is 36.8 Å². The lowest BCUT2D eigenvalue weighted by Crippen LogP contribution is -2.13. The van der Waals surface area contributed by atoms with Crippen molar-refractivity contribution in [1.29, 1.82) is 0 Å². The standard InChI is InChI=1S/C13H16S2/c1-2-6-12-10-15-13(7-3-4-8-13)14-9-11(12)5-1/h1-2,5-6H,3-4,7-10H2. The van der Waals surface area contributed by atoms with E-state index in [-0.39, 0.29) is 0 Å². The highest BCUT2D eigenvalue weighted by atomic mass is 32.2. The maximum absolute atomic E-state index is 2.30. The van der Waals surface area contributed by atoms with E-state index in [1.165, 1.54) is 37.2 Å². The second kappa shape index (κ2) is 4.06. The molecule has 1 aliphatic heterocycles. The summed E-state index contributed by atoms with van der Waals surface area (Å²) >= 11 is 4.40. The molecule has 1 heterocycles. The third kappa shape index (κ3) is 1.94. The van der Waals surface area contributed by atoms with E-state index in [1.54, 1.807) is 11.1 Å². The number of benzene rings is 1. The van der Waals surface area contributed by atoms with Crippen LogP contribution < -0.4 is 0 Å². The quantitative estimate of drug-likeness (QED) is 0.653. The van der Waals surface area contributed by atoms with Crippen LogP contribution in [-0.2, 0) is 11.5 Å². The highest BCUT2D eigenvalue weighted by Gasteiger charge is 2.36. The molecule has 0 saturated heterocycles. The molecule has 2 aliphatic rings. The van der Waals surface area contributed by atoms with Crippen LogP contribution in [0.4, 0.5) is 0 Å². The van der Waals surface area contributed by atoms with Crippen LogP contribution in [0, 0.1) is 0 Å². The molecule has 1 aromatic carbocycles. The normalized spacial score (nSPS) is 23.7. The summed E-state index contributed by atoms with van der Waals surface area (Å²) in [6.45, 7) is 0. The summed E-state index contributed by atoms with van der Waals surface area (Å²) in [5.41, 5.74) is 3.14. The van der Waals surface area contributed by atoms with Crippen molar-refractivity contribution < 1.29 is 0 Å². The van der Waals surface area contributed by atoms with Gasteiger partial charge in [-0.1, -0.05) is 37.1 Å². The minimum Gasteiger partial charge on any atom is -0.139 e. The molecule has 0 N–H and O–H groups in total. The van der Waals surface area contributed by atoms with Crippen LogP contribution >= 0.6 is 23.5 Å². The molecule has 0 aromatic heterocycles. The van der Waals surface area contributed by atoms with Gasteiger partial charge in [0.2, 0.25) is 0 Å². The summed E-state index contributed by atoms with van der Waals surface area (Å²) < 4.78 is 0.568. The van der Waals surface area contributed by atoms with E-state index in [1.807, 2.05) is 0 Å². The first-order chi connectivity index (χ1) is 7.38. The largest absolute Gasteiger partial charge is 0.139 e. The van der Waals surface area contributed by atoms with Gasteiger partial charge >= 0.3 is 0 Å². The molecular weight excluding hydrogens is 220 g/mol. The maximum atomic E-state index is 2.30. The average molecular weight is 236 g/mol. The van der Waals surface area contributed by atoms with Crippen LogP contribution in [0.3, 0.4) is 0 Å². The Morgan fingerprint density at radius 3 is 1.93 bits per heavy atom. The summed E-state index contributed by atoms with van der Waals surface area (Å²) in [5.74, 6) is 2.45. The fourth-order valence-electron chi connectivity index (χ4n) is 2.50. The van der Waals surface area contributed by atoms with Crippen molar-refractivity contribution in [3.8, 4) is 0 Å². The van der Waals surface area contributed by atoms with Crippen LogP contribution in [-0.4, -0.2) is 4.08 Å². The molecular formula is C13H16S2. The van der Waals surface area contributed by atoms with Crippen LogP contribution in [0.5, 0.6) is 0 Å². The third-order valence-corrected chi connectivity index (χ3v) is 6.95. The van der Waals surface area contributed by atoms with E-state index < -0.39 is 0 Å². The van der Waals surface area contributed by atoms with Crippen molar-refractivity contribution in [2.24, 2.45) is 0 Å². The molecule has 0 unspecified atom stereocenters. The zero-order chi connectivity index (χ0) is 10.1. The summed E-state index contributed by atoms with van der Waals surface area (Å²) in [7, 11) is 0. The molecule has 0 nitrogen and oxygen atoms in total. The number of rotatable bonds is 0. The van der Waals surface area contributed by atoms with Crippen molar-refractivity contribution in [1.82, 2.24) is 0 Å². The zero-order valence-corrected chi connectivity index (χ0v) is 10.5. The average Bonchev–Trinajstić information content (AvgIpc) is 2.65. The molecule has 0 bridgehead atoms. The molecule has 80 valence electrons. The summed E-state index contributed by atoms with van der Waals surface area (Å²) in [6.07, 6.45) is 5.74. The Morgan fingerprint density at radius 2 is 1.40 bits per heavy atom. The number of hydrogen-bond acceptors (Lipinski definition) is 2. The van der Waals surface area contributed by atoms with Gasteiger partial charge in [-0.2, -0.15) is 0 Å². The molecule has 3 rings (SSSR count). The summed E-state index contributed by atoms with van der Waals surface area (Å²) in [6, 6.07) is 8.96. The van der Waals surface area contributed by atoms with Gasteiger partial charge in [-0.05, 0) is 24.0 Å². The second-order valence-corrected chi connectivity index (χ2v) is 7.44. The topological polar surface area (TPSA) is 0 Å². The van der Waals surface area contributed by atoms with Crippen LogP contribution in [0.2, 0.25) is 0 Å². The van der Waals surface area contributed by atoms with Gasteiger partial charge in [0, 0.05) is 11.5 Å². The first kappa shape index (κ1) is 10.1. The molecule has 0 radical (unpaired) electrons. The Labute approximate surface area is 100 Å². The van der Waals surface area contributed by atoms with Gasteiger partial charge in [-0.25, -0.2) is 0 Å². The highest BCUT2D eigenvalue weighted by molar-refractivity contribution is 8.17. The van der Waals surface area contributed by atoms with E-state index in [0.29, 0.717) is 4.08 Å². The van der Waals surface area contributed by atoms with Gasteiger partial charge < -0.3 is 0 Å². The van der Waals surface area contributed by atoms with Crippen LogP contribution in [0.25, 0.3) is 0 Å². The van der Waals surface area contributed by atoms with Gasteiger partial charge in [0.25, 0.3) is 0 Å². The Kier molecular flexibility index (Phi) is 2.73. The fourth-order valence-corrected chi connectivity index (χ4v) is 5.74. The minimum absolute atomic E-state index is 0.568. The summed E-state index contributed by atoms with van der Waals surface area (Å²) in [4.78, 5) is 0. The van der Waals surface area contributed by atoms with Gasteiger partial charge in [0.1, 0.15) is 0 Å². The number of thioether (sulfide) groups is 2. The predicted octanol–water partition coefficient (Wildman–Crippen LogP) is 4.44. The van der Waals surface area contributed by atoms with E-state index in [4.69, 9.17) is 0 Å². The van der Waals surface area contributed by atoms with E-state index in [2.05, 4.69) is 47.8 Å². The van der Waals surface area contributed by atoms with Gasteiger partial charge in [0.05, 0.1) is 4.08 Å². The Morgan fingerprint density at radius 1 is 0.867 bits per heavy atom. The third-order valence-electron chi connectivity index (χ3n) is 3.47. The van der Waals surface area contributed by atoms with Gasteiger partial charge in [-0.3, -0.25) is 0 Å². The highest BCUT2D eigenvalue weighted by Crippen LogP contribution is 2.53. The molecule has 1 spiro atoms. The molecule has 1 saturated carbocycles. The van der Waals surface area contributed by atoms with E-state index >= 15 is 0 Å². The SMILES string of the molecule is c1ccc2c(c1)CSC1(CCCC1)SC2. The monoisotopic (exact) mass is 236 g/mol. The lowest BCUT2D eigenvalue weighted by atomic mass is 10.1. The Balaban J connectivity index is 1.85. The van der Waals surface area contributed by atoms with Crippen molar-refractivity contribution >= 4 is 23.5 Å². The number of hydrogen-bond donors (Lipinski definition) is 0. The first-order valence-corrected chi connectivity index (χ1v) is 7.70. The van der Waals surface area contributed by atoms with Crippen molar-refractivity contribution in [2.75, 3.05) is 0 Å². The van der Waals surface area contributed by atoms with E-state index in [9.17, 15) is 0 Å². The fraction of sp³-hybridized carbons (Fsp3) is 0.538. The van der Waals surface area contributed by atoms with E-state index in [0.717, 1.165) is 0 Å². The molecule has 0 amide bonds. The van der Waals surface area contributed by atoms with Crippen molar-refractivity contribution in [2.45, 2.75) is 41.3 Å². The molecule has 1 aromatic rings. The minimum atomic E-state index is 0.568. The number of fused-ring (bicyclic) bond motifs is 1. The second-order valence-electron chi connectivity index (χ2n) is 4.46. The predicted molar refractivity (Wildman–Crippen MR) is 70.2 cm³/mol. The molecule has 0 atom stereocenters. The Bertz CT molecular complexity index is 324. The van der Waals surface area contributed by atoms with Crippen LogP contribution in [0.15, 0.2) is 24.3 Å². The smallest absolute Gasteiger partial charge is 0.0617 e. The maximum Gasteiger partial charge on any atom is 0.0617 e. The lowest BCUT2D eigenvalue weighted by Gasteiger charge is -2.25. The van der Waals surface area contributed by atoms with Gasteiger partial charge in [0.15, 0.2) is 0 Å². The molecule has 1 aliphatic carbocycles. The van der Waals surface area contributed by atoms with Crippen molar-refractivity contribution in [3.63, 3.8) is 0 Å². The molecule has 1 fully saturated rings. The first-order valence-electron chi connectivity index (χ1n) is 5.73. The Hall–Kier alpha value is -0.0800. The lowest BCUT2D eigenvalue weighted by molar-refractivity contribution is 0.843. The molecule has 15 heavy (non-hydrogen) atoms. The zero-order valence-electron chi connectivity index (χ0n) is 8.87. The van der Waals surface area contributed by atoms with Crippen molar-refractivity contribution in [3.05, 3.63) is 35.4 Å². The molecule has 2 heteroatoms. The van der Waals surface area contributed by atoms with Gasteiger partial charge in [-0.15, -0.1) is 23.5 Å². The summed E-state index contributed by atoms with van der Waals surface area (Å²) in [5, 5.41) is 0.